The van der Waals surface area contributed by atoms with Crippen molar-refractivity contribution in [2.75, 3.05) is 26.2 Å². The van der Waals surface area contributed by atoms with Crippen molar-refractivity contribution in [3.05, 3.63) is 36.3 Å². The second kappa shape index (κ2) is 8.92. The van der Waals surface area contributed by atoms with Gasteiger partial charge in [-0.2, -0.15) is 0 Å². The van der Waals surface area contributed by atoms with Crippen molar-refractivity contribution in [3.63, 3.8) is 0 Å². The van der Waals surface area contributed by atoms with Gasteiger partial charge in [-0.05, 0) is 43.4 Å². The fraction of sp³-hybridized carbons (Fsp3) is 0.600. The normalized spacial score (nSPS) is 18.4. The molecule has 144 valence electrons. The molecule has 2 rings (SSSR count). The lowest BCUT2D eigenvalue weighted by Crippen LogP contribution is -2.42. The van der Waals surface area contributed by atoms with Gasteiger partial charge in [-0.1, -0.05) is 20.8 Å². The molecule has 0 bridgehead atoms. The van der Waals surface area contributed by atoms with E-state index in [9.17, 15) is 9.59 Å². The quantitative estimate of drug-likeness (QED) is 0.835. The maximum absolute atomic E-state index is 12.3. The number of amides is 2. The van der Waals surface area contributed by atoms with Gasteiger partial charge >= 0.3 is 6.09 Å². The van der Waals surface area contributed by atoms with E-state index in [0.29, 0.717) is 13.2 Å². The molecule has 2 aliphatic heterocycles. The number of hydrogen-bond donors (Lipinski definition) is 1. The van der Waals surface area contributed by atoms with E-state index in [-0.39, 0.29) is 23.3 Å². The Bertz CT molecular complexity index is 594. The van der Waals surface area contributed by atoms with Crippen LogP contribution in [0.5, 0.6) is 0 Å². The lowest BCUT2D eigenvalue weighted by atomic mass is 9.93. The van der Waals surface area contributed by atoms with Gasteiger partial charge in [0.1, 0.15) is 0 Å². The van der Waals surface area contributed by atoms with Crippen LogP contribution in [0.3, 0.4) is 0 Å². The SMILES string of the molecule is CCOC(=O)N1C=CC=C(N2CCC(C(=O)NCC(C)(C)C)CC2)C=C1. The van der Waals surface area contributed by atoms with Crippen molar-refractivity contribution in [1.82, 2.24) is 15.1 Å². The molecular formula is C20H31N3O3. The standard InChI is InChI=1S/C20H31N3O3/c1-5-26-19(25)23-11-6-7-17(10-14-23)22-12-8-16(9-13-22)18(24)21-15-20(2,3)4/h6-7,10-11,14,16H,5,8-9,12-13,15H2,1-4H3,(H,21,24). The highest BCUT2D eigenvalue weighted by Crippen LogP contribution is 2.23. The van der Waals surface area contributed by atoms with Gasteiger partial charge in [0.2, 0.25) is 5.91 Å². The van der Waals surface area contributed by atoms with Crippen LogP contribution in [0.25, 0.3) is 0 Å². The Balaban J connectivity index is 1.85. The van der Waals surface area contributed by atoms with Crippen molar-refractivity contribution >= 4 is 12.0 Å². The van der Waals surface area contributed by atoms with Crippen LogP contribution in [0.4, 0.5) is 4.79 Å². The molecule has 1 saturated heterocycles. The Labute approximate surface area is 156 Å². The molecule has 0 radical (unpaired) electrons. The van der Waals surface area contributed by atoms with Crippen LogP contribution in [0.1, 0.15) is 40.5 Å². The first kappa shape index (κ1) is 20.1. The van der Waals surface area contributed by atoms with Gasteiger partial charge in [0.25, 0.3) is 0 Å². The smallest absolute Gasteiger partial charge is 0.417 e. The van der Waals surface area contributed by atoms with E-state index in [1.54, 1.807) is 19.3 Å². The number of rotatable bonds is 4. The number of hydrogen-bond acceptors (Lipinski definition) is 4. The topological polar surface area (TPSA) is 61.9 Å². The summed E-state index contributed by atoms with van der Waals surface area (Å²) in [5, 5.41) is 3.07. The third-order valence-electron chi connectivity index (χ3n) is 4.42. The summed E-state index contributed by atoms with van der Waals surface area (Å²) in [6, 6.07) is 0. The fourth-order valence-electron chi connectivity index (χ4n) is 2.92. The first-order chi connectivity index (χ1) is 12.3. The molecule has 0 aromatic carbocycles. The van der Waals surface area contributed by atoms with Crippen LogP contribution in [-0.2, 0) is 9.53 Å². The minimum absolute atomic E-state index is 0.0792. The molecule has 0 aliphatic carbocycles. The predicted molar refractivity (Wildman–Crippen MR) is 102 cm³/mol. The molecule has 0 saturated carbocycles. The van der Waals surface area contributed by atoms with Crippen molar-refractivity contribution in [2.45, 2.75) is 40.5 Å². The summed E-state index contributed by atoms with van der Waals surface area (Å²) in [5.74, 6) is 0.244. The van der Waals surface area contributed by atoms with Crippen LogP contribution >= 0.6 is 0 Å². The summed E-state index contributed by atoms with van der Waals surface area (Å²) in [7, 11) is 0. The molecule has 0 unspecified atom stereocenters. The van der Waals surface area contributed by atoms with Crippen molar-refractivity contribution in [2.24, 2.45) is 11.3 Å². The maximum atomic E-state index is 12.3. The molecule has 0 aromatic heterocycles. The van der Waals surface area contributed by atoms with Crippen molar-refractivity contribution in [1.29, 1.82) is 0 Å². The second-order valence-corrected chi connectivity index (χ2v) is 7.89. The van der Waals surface area contributed by atoms with Gasteiger partial charge in [-0.25, -0.2) is 4.79 Å². The van der Waals surface area contributed by atoms with Crippen molar-refractivity contribution in [3.8, 4) is 0 Å². The van der Waals surface area contributed by atoms with E-state index in [1.165, 1.54) is 4.90 Å². The Kier molecular flexibility index (Phi) is 6.89. The van der Waals surface area contributed by atoms with Crippen LogP contribution in [0.2, 0.25) is 0 Å². The average molecular weight is 361 g/mol. The summed E-state index contributed by atoms with van der Waals surface area (Å²) in [4.78, 5) is 27.8. The summed E-state index contributed by atoms with van der Waals surface area (Å²) in [6.07, 6.45) is 10.4. The third kappa shape index (κ3) is 5.93. The number of carbonyl (C=O) groups excluding carboxylic acids is 2. The Morgan fingerprint density at radius 3 is 2.54 bits per heavy atom. The number of carbonyl (C=O) groups is 2. The number of nitrogens with zero attached hydrogens (tertiary/aromatic N) is 2. The molecule has 2 amide bonds. The number of piperidine rings is 1. The largest absolute Gasteiger partial charge is 0.449 e. The van der Waals surface area contributed by atoms with Crippen molar-refractivity contribution < 1.29 is 14.3 Å². The van der Waals surface area contributed by atoms with Gasteiger partial charge in [0, 0.05) is 43.6 Å². The molecule has 2 heterocycles. The molecule has 6 heteroatoms. The lowest BCUT2D eigenvalue weighted by molar-refractivity contribution is -0.126. The first-order valence-electron chi connectivity index (χ1n) is 9.34. The number of ether oxygens (including phenoxy) is 1. The zero-order valence-electron chi connectivity index (χ0n) is 16.3. The number of allylic oxidation sites excluding steroid dienone is 3. The maximum Gasteiger partial charge on any atom is 0.417 e. The van der Waals surface area contributed by atoms with Crippen LogP contribution in [-0.4, -0.2) is 48.0 Å². The van der Waals surface area contributed by atoms with Gasteiger partial charge in [-0.3, -0.25) is 9.69 Å². The lowest BCUT2D eigenvalue weighted by Gasteiger charge is -2.34. The van der Waals surface area contributed by atoms with E-state index >= 15 is 0 Å². The highest BCUT2D eigenvalue weighted by Gasteiger charge is 2.26. The molecular weight excluding hydrogens is 330 g/mol. The Morgan fingerprint density at radius 2 is 1.92 bits per heavy atom. The Morgan fingerprint density at radius 1 is 1.23 bits per heavy atom. The molecule has 1 N–H and O–H groups in total. The molecule has 1 fully saturated rings. The van der Waals surface area contributed by atoms with E-state index < -0.39 is 0 Å². The van der Waals surface area contributed by atoms with Gasteiger partial charge in [-0.15, -0.1) is 0 Å². The molecule has 0 spiro atoms. The van der Waals surface area contributed by atoms with E-state index in [4.69, 9.17) is 4.74 Å². The summed E-state index contributed by atoms with van der Waals surface area (Å²) in [6.45, 7) is 10.9. The van der Waals surface area contributed by atoms with Gasteiger partial charge in [0.15, 0.2) is 0 Å². The van der Waals surface area contributed by atoms with E-state index in [0.717, 1.165) is 31.6 Å². The fourth-order valence-corrected chi connectivity index (χ4v) is 2.92. The summed E-state index contributed by atoms with van der Waals surface area (Å²) >= 11 is 0. The molecule has 0 aromatic rings. The second-order valence-electron chi connectivity index (χ2n) is 7.89. The van der Waals surface area contributed by atoms with Crippen LogP contribution < -0.4 is 5.32 Å². The number of likely N-dealkylation sites (tertiary alicyclic amines) is 1. The third-order valence-corrected chi connectivity index (χ3v) is 4.42. The predicted octanol–water partition coefficient (Wildman–Crippen LogP) is 3.24. The van der Waals surface area contributed by atoms with Gasteiger partial charge in [0.05, 0.1) is 6.61 Å². The molecule has 0 atom stereocenters. The van der Waals surface area contributed by atoms with Gasteiger partial charge < -0.3 is 15.0 Å². The first-order valence-corrected chi connectivity index (χ1v) is 9.34. The average Bonchev–Trinajstić information content (AvgIpc) is 2.85. The van der Waals surface area contributed by atoms with Crippen LogP contribution in [0, 0.1) is 11.3 Å². The highest BCUT2D eigenvalue weighted by molar-refractivity contribution is 5.78. The monoisotopic (exact) mass is 361 g/mol. The van der Waals surface area contributed by atoms with Crippen LogP contribution in [0.15, 0.2) is 36.3 Å². The molecule has 26 heavy (non-hydrogen) atoms. The zero-order valence-corrected chi connectivity index (χ0v) is 16.3. The Hall–Kier alpha value is -2.24. The minimum atomic E-state index is -0.385. The number of nitrogens with one attached hydrogen (secondary N) is 1. The van der Waals surface area contributed by atoms with E-state index in [2.05, 4.69) is 31.0 Å². The molecule has 6 nitrogen and oxygen atoms in total. The van der Waals surface area contributed by atoms with E-state index in [1.807, 2.05) is 18.2 Å². The molecule has 2 aliphatic rings. The zero-order chi connectivity index (χ0) is 19.2. The summed E-state index contributed by atoms with van der Waals surface area (Å²) in [5.41, 5.74) is 1.14. The highest BCUT2D eigenvalue weighted by atomic mass is 16.5. The minimum Gasteiger partial charge on any atom is -0.449 e. The summed E-state index contributed by atoms with van der Waals surface area (Å²) < 4.78 is 5.01.